The van der Waals surface area contributed by atoms with Gasteiger partial charge in [-0.3, -0.25) is 4.90 Å². The van der Waals surface area contributed by atoms with Crippen LogP contribution in [0.25, 0.3) is 0 Å². The fourth-order valence-electron chi connectivity index (χ4n) is 2.29. The van der Waals surface area contributed by atoms with Crippen molar-refractivity contribution < 1.29 is 5.11 Å². The van der Waals surface area contributed by atoms with Crippen LogP contribution in [-0.2, 0) is 6.54 Å². The molecule has 1 saturated heterocycles. The molecule has 1 fully saturated rings. The van der Waals surface area contributed by atoms with Crippen LogP contribution in [0.2, 0.25) is 0 Å². The quantitative estimate of drug-likeness (QED) is 0.825. The molecule has 2 heteroatoms. The predicted molar refractivity (Wildman–Crippen MR) is 66.1 cm³/mol. The fraction of sp³-hybridized carbons (Fsp3) is 0.571. The highest BCUT2D eigenvalue weighted by Crippen LogP contribution is 2.27. The van der Waals surface area contributed by atoms with Crippen molar-refractivity contribution in [2.24, 2.45) is 5.92 Å². The first-order chi connectivity index (χ1) is 7.58. The van der Waals surface area contributed by atoms with Crippen molar-refractivity contribution in [2.45, 2.75) is 32.4 Å². The SMILES string of the molecule is C[C@H]1CN(Cc2ccccc2)CC[C@]1(C)O. The van der Waals surface area contributed by atoms with Gasteiger partial charge in [-0.2, -0.15) is 0 Å². The Hall–Kier alpha value is -0.860. The van der Waals surface area contributed by atoms with Crippen LogP contribution in [0.3, 0.4) is 0 Å². The summed E-state index contributed by atoms with van der Waals surface area (Å²) >= 11 is 0. The molecule has 16 heavy (non-hydrogen) atoms. The second-order valence-electron chi connectivity index (χ2n) is 5.23. The number of aliphatic hydroxyl groups is 1. The third-order valence-electron chi connectivity index (χ3n) is 3.78. The molecule has 1 heterocycles. The molecule has 0 bridgehead atoms. The number of nitrogens with zero attached hydrogens (tertiary/aromatic N) is 1. The molecule has 0 saturated carbocycles. The minimum atomic E-state index is -0.479. The zero-order valence-electron chi connectivity index (χ0n) is 10.2. The normalized spacial score (nSPS) is 31.6. The van der Waals surface area contributed by atoms with Crippen molar-refractivity contribution in [3.8, 4) is 0 Å². The largest absolute Gasteiger partial charge is 0.390 e. The number of rotatable bonds is 2. The summed E-state index contributed by atoms with van der Waals surface area (Å²) in [7, 11) is 0. The topological polar surface area (TPSA) is 23.5 Å². The van der Waals surface area contributed by atoms with Crippen molar-refractivity contribution in [2.75, 3.05) is 13.1 Å². The van der Waals surface area contributed by atoms with Gasteiger partial charge in [0.1, 0.15) is 0 Å². The van der Waals surface area contributed by atoms with Gasteiger partial charge < -0.3 is 5.11 Å². The van der Waals surface area contributed by atoms with Gasteiger partial charge in [0, 0.05) is 19.6 Å². The molecule has 0 unspecified atom stereocenters. The maximum absolute atomic E-state index is 10.1. The Morgan fingerprint density at radius 3 is 2.69 bits per heavy atom. The highest BCUT2D eigenvalue weighted by Gasteiger charge is 2.34. The molecule has 0 amide bonds. The molecule has 2 rings (SSSR count). The summed E-state index contributed by atoms with van der Waals surface area (Å²) in [4.78, 5) is 2.43. The van der Waals surface area contributed by atoms with E-state index in [1.807, 2.05) is 13.0 Å². The summed E-state index contributed by atoms with van der Waals surface area (Å²) in [5.74, 6) is 0.352. The average Bonchev–Trinajstić information content (AvgIpc) is 2.26. The van der Waals surface area contributed by atoms with Gasteiger partial charge in [0.2, 0.25) is 0 Å². The van der Waals surface area contributed by atoms with Gasteiger partial charge in [0.25, 0.3) is 0 Å². The third-order valence-corrected chi connectivity index (χ3v) is 3.78. The van der Waals surface area contributed by atoms with Gasteiger partial charge in [0.05, 0.1) is 5.60 Å². The van der Waals surface area contributed by atoms with Gasteiger partial charge in [-0.15, -0.1) is 0 Å². The van der Waals surface area contributed by atoms with Gasteiger partial charge in [-0.05, 0) is 24.8 Å². The highest BCUT2D eigenvalue weighted by molar-refractivity contribution is 5.14. The van der Waals surface area contributed by atoms with E-state index >= 15 is 0 Å². The van der Waals surface area contributed by atoms with E-state index in [0.29, 0.717) is 5.92 Å². The summed E-state index contributed by atoms with van der Waals surface area (Å²) < 4.78 is 0. The Kier molecular flexibility index (Phi) is 3.31. The summed E-state index contributed by atoms with van der Waals surface area (Å²) in [5, 5.41) is 10.1. The molecule has 2 atom stereocenters. The lowest BCUT2D eigenvalue weighted by molar-refractivity contribution is -0.0523. The lowest BCUT2D eigenvalue weighted by atomic mass is 9.84. The van der Waals surface area contributed by atoms with E-state index in [2.05, 4.69) is 36.1 Å². The number of benzene rings is 1. The standard InChI is InChI=1S/C14H21NO/c1-12-10-15(9-8-14(12,2)16)11-13-6-4-3-5-7-13/h3-7,12,16H,8-11H2,1-2H3/t12-,14-/m0/s1. The Morgan fingerprint density at radius 1 is 1.38 bits per heavy atom. The maximum atomic E-state index is 10.1. The van der Waals surface area contributed by atoms with Crippen LogP contribution in [0.4, 0.5) is 0 Å². The highest BCUT2D eigenvalue weighted by atomic mass is 16.3. The molecular weight excluding hydrogens is 198 g/mol. The van der Waals surface area contributed by atoms with Crippen molar-refractivity contribution in [3.63, 3.8) is 0 Å². The Bertz CT molecular complexity index is 334. The zero-order chi connectivity index (χ0) is 11.6. The maximum Gasteiger partial charge on any atom is 0.0669 e. The van der Waals surface area contributed by atoms with Crippen LogP contribution < -0.4 is 0 Å². The lowest BCUT2D eigenvalue weighted by Crippen LogP contribution is -2.48. The van der Waals surface area contributed by atoms with Crippen LogP contribution in [0.1, 0.15) is 25.8 Å². The Labute approximate surface area is 97.9 Å². The smallest absolute Gasteiger partial charge is 0.0669 e. The van der Waals surface area contributed by atoms with E-state index in [1.165, 1.54) is 5.56 Å². The number of likely N-dealkylation sites (tertiary alicyclic amines) is 1. The predicted octanol–water partition coefficient (Wildman–Crippen LogP) is 2.28. The van der Waals surface area contributed by atoms with Crippen LogP contribution in [0.15, 0.2) is 30.3 Å². The number of piperidine rings is 1. The van der Waals surface area contributed by atoms with Crippen molar-refractivity contribution >= 4 is 0 Å². The van der Waals surface area contributed by atoms with Crippen LogP contribution >= 0.6 is 0 Å². The van der Waals surface area contributed by atoms with E-state index in [0.717, 1.165) is 26.1 Å². The fourth-order valence-corrected chi connectivity index (χ4v) is 2.29. The Balaban J connectivity index is 1.94. The molecule has 1 aliphatic heterocycles. The van der Waals surface area contributed by atoms with Gasteiger partial charge >= 0.3 is 0 Å². The van der Waals surface area contributed by atoms with E-state index in [4.69, 9.17) is 0 Å². The van der Waals surface area contributed by atoms with Gasteiger partial charge in [-0.1, -0.05) is 37.3 Å². The van der Waals surface area contributed by atoms with Gasteiger partial charge in [-0.25, -0.2) is 0 Å². The van der Waals surface area contributed by atoms with Crippen molar-refractivity contribution in [3.05, 3.63) is 35.9 Å². The third kappa shape index (κ3) is 2.63. The molecule has 1 aromatic carbocycles. The first-order valence-corrected chi connectivity index (χ1v) is 6.06. The number of hydrogen-bond donors (Lipinski definition) is 1. The molecular formula is C14H21NO. The van der Waals surface area contributed by atoms with Crippen molar-refractivity contribution in [1.82, 2.24) is 4.90 Å². The second-order valence-corrected chi connectivity index (χ2v) is 5.23. The van der Waals surface area contributed by atoms with Crippen molar-refractivity contribution in [1.29, 1.82) is 0 Å². The van der Waals surface area contributed by atoms with E-state index in [1.54, 1.807) is 0 Å². The summed E-state index contributed by atoms with van der Waals surface area (Å²) in [5.41, 5.74) is 0.879. The first kappa shape index (κ1) is 11.6. The van der Waals surface area contributed by atoms with Crippen LogP contribution in [-0.4, -0.2) is 28.7 Å². The molecule has 0 radical (unpaired) electrons. The molecule has 0 spiro atoms. The molecule has 0 aromatic heterocycles. The second kappa shape index (κ2) is 4.56. The molecule has 1 N–H and O–H groups in total. The minimum absolute atomic E-state index is 0.352. The summed E-state index contributed by atoms with van der Waals surface area (Å²) in [6.45, 7) is 7.07. The Morgan fingerprint density at radius 2 is 2.06 bits per heavy atom. The average molecular weight is 219 g/mol. The van der Waals surface area contributed by atoms with Crippen LogP contribution in [0, 0.1) is 5.92 Å². The monoisotopic (exact) mass is 219 g/mol. The van der Waals surface area contributed by atoms with Gasteiger partial charge in [0.15, 0.2) is 0 Å². The van der Waals surface area contributed by atoms with E-state index in [9.17, 15) is 5.11 Å². The molecule has 1 aromatic rings. The summed E-state index contributed by atoms with van der Waals surface area (Å²) in [6.07, 6.45) is 0.876. The van der Waals surface area contributed by atoms with E-state index in [-0.39, 0.29) is 0 Å². The minimum Gasteiger partial charge on any atom is -0.390 e. The number of hydrogen-bond acceptors (Lipinski definition) is 2. The molecule has 88 valence electrons. The molecule has 0 aliphatic carbocycles. The molecule has 1 aliphatic rings. The lowest BCUT2D eigenvalue weighted by Gasteiger charge is -2.41. The molecule has 2 nitrogen and oxygen atoms in total. The van der Waals surface area contributed by atoms with E-state index < -0.39 is 5.60 Å². The van der Waals surface area contributed by atoms with Crippen LogP contribution in [0.5, 0.6) is 0 Å². The zero-order valence-corrected chi connectivity index (χ0v) is 10.2. The summed E-state index contributed by atoms with van der Waals surface area (Å²) in [6, 6.07) is 10.5. The first-order valence-electron chi connectivity index (χ1n) is 6.06.